The summed E-state index contributed by atoms with van der Waals surface area (Å²) in [6, 6.07) is 2.71. The Balaban J connectivity index is 1.49. The molecule has 0 unspecified atom stereocenters. The van der Waals surface area contributed by atoms with Crippen LogP contribution in [-0.2, 0) is 11.3 Å². The van der Waals surface area contributed by atoms with Crippen molar-refractivity contribution in [3.8, 4) is 11.4 Å². The van der Waals surface area contributed by atoms with Crippen molar-refractivity contribution in [2.24, 2.45) is 0 Å². The highest BCUT2D eigenvalue weighted by atomic mass is 16.5. The van der Waals surface area contributed by atoms with Crippen LogP contribution in [0.25, 0.3) is 11.4 Å². The number of hydrogen-bond acceptors (Lipinski definition) is 6. The number of amides is 2. The predicted octanol–water partition coefficient (Wildman–Crippen LogP) is 0.403. The lowest BCUT2D eigenvalue weighted by Crippen LogP contribution is -2.39. The van der Waals surface area contributed by atoms with Gasteiger partial charge in [0.1, 0.15) is 0 Å². The molecule has 2 amide bonds. The smallest absolute Gasteiger partial charge is 0.315 e. The summed E-state index contributed by atoms with van der Waals surface area (Å²) in [6.45, 7) is 1.34. The van der Waals surface area contributed by atoms with Gasteiger partial charge in [-0.05, 0) is 18.9 Å². The fraction of sp³-hybridized carbons (Fsp3) is 0.429. The SMILES string of the molecule is O=C(NCc1nc(-c2cc[nH]c(=O)c2)no1)NC[C@H]1CCCO1. The first-order valence-electron chi connectivity index (χ1n) is 7.36. The molecule has 9 heteroatoms. The Morgan fingerprint density at radius 1 is 1.43 bits per heavy atom. The molecule has 1 atom stereocenters. The lowest BCUT2D eigenvalue weighted by molar-refractivity contribution is 0.111. The van der Waals surface area contributed by atoms with E-state index in [1.54, 1.807) is 6.07 Å². The first-order valence-corrected chi connectivity index (χ1v) is 7.36. The van der Waals surface area contributed by atoms with Crippen LogP contribution in [0.5, 0.6) is 0 Å². The maximum absolute atomic E-state index is 11.7. The van der Waals surface area contributed by atoms with E-state index < -0.39 is 0 Å². The number of ether oxygens (including phenoxy) is 1. The van der Waals surface area contributed by atoms with Crippen molar-refractivity contribution in [1.82, 2.24) is 25.8 Å². The van der Waals surface area contributed by atoms with Gasteiger partial charge < -0.3 is 24.9 Å². The van der Waals surface area contributed by atoms with Gasteiger partial charge in [0.05, 0.1) is 12.6 Å². The molecule has 3 heterocycles. The minimum atomic E-state index is -0.323. The molecule has 0 saturated carbocycles. The molecule has 0 bridgehead atoms. The summed E-state index contributed by atoms with van der Waals surface area (Å²) in [6.07, 6.45) is 3.58. The summed E-state index contributed by atoms with van der Waals surface area (Å²) in [5.74, 6) is 0.556. The van der Waals surface area contributed by atoms with Crippen LogP contribution in [0, 0.1) is 0 Å². The standard InChI is InChI=1S/C14H17N5O4/c20-11-6-9(3-4-15-11)13-18-12(23-19-13)8-17-14(21)16-7-10-2-1-5-22-10/h3-4,6,10H,1-2,5,7-8H2,(H,15,20)(H2,16,17,21)/t10-/m1/s1. The number of carbonyl (C=O) groups excluding carboxylic acids is 1. The van der Waals surface area contributed by atoms with E-state index in [2.05, 4.69) is 25.8 Å². The van der Waals surface area contributed by atoms with E-state index in [0.29, 0.717) is 17.9 Å². The Morgan fingerprint density at radius 2 is 2.35 bits per heavy atom. The number of nitrogens with one attached hydrogen (secondary N) is 3. The molecule has 23 heavy (non-hydrogen) atoms. The van der Waals surface area contributed by atoms with Crippen LogP contribution in [0.4, 0.5) is 4.79 Å². The van der Waals surface area contributed by atoms with Crippen LogP contribution in [0.3, 0.4) is 0 Å². The molecule has 3 N–H and O–H groups in total. The number of aromatic amines is 1. The fourth-order valence-corrected chi connectivity index (χ4v) is 2.26. The second kappa shape index (κ2) is 7.05. The number of H-pyrrole nitrogens is 1. The highest BCUT2D eigenvalue weighted by Crippen LogP contribution is 2.12. The number of hydrogen-bond donors (Lipinski definition) is 3. The Labute approximate surface area is 131 Å². The molecule has 0 spiro atoms. The van der Waals surface area contributed by atoms with Crippen LogP contribution in [-0.4, -0.2) is 40.4 Å². The number of pyridine rings is 1. The van der Waals surface area contributed by atoms with Crippen LogP contribution in [0.1, 0.15) is 18.7 Å². The van der Waals surface area contributed by atoms with E-state index in [9.17, 15) is 9.59 Å². The number of aromatic nitrogens is 3. The van der Waals surface area contributed by atoms with Crippen molar-refractivity contribution in [2.75, 3.05) is 13.2 Å². The summed E-state index contributed by atoms with van der Waals surface area (Å²) in [5, 5.41) is 9.14. The Bertz CT molecular complexity index is 720. The number of rotatable bonds is 5. The van der Waals surface area contributed by atoms with Gasteiger partial charge in [-0.15, -0.1) is 0 Å². The second-order valence-electron chi connectivity index (χ2n) is 5.15. The molecule has 2 aromatic heterocycles. The number of urea groups is 1. The van der Waals surface area contributed by atoms with Crippen molar-refractivity contribution in [3.63, 3.8) is 0 Å². The van der Waals surface area contributed by atoms with E-state index >= 15 is 0 Å². The van der Waals surface area contributed by atoms with Gasteiger partial charge in [-0.3, -0.25) is 4.79 Å². The zero-order valence-corrected chi connectivity index (χ0v) is 12.4. The normalized spacial score (nSPS) is 17.1. The highest BCUT2D eigenvalue weighted by molar-refractivity contribution is 5.73. The largest absolute Gasteiger partial charge is 0.376 e. The van der Waals surface area contributed by atoms with Gasteiger partial charge in [0, 0.05) is 31.0 Å². The third-order valence-corrected chi connectivity index (χ3v) is 3.42. The Kier molecular flexibility index (Phi) is 4.67. The van der Waals surface area contributed by atoms with Gasteiger partial charge in [-0.1, -0.05) is 5.16 Å². The summed E-state index contributed by atoms with van der Waals surface area (Å²) < 4.78 is 10.5. The molecule has 0 radical (unpaired) electrons. The molecule has 2 aromatic rings. The molecule has 1 saturated heterocycles. The van der Waals surface area contributed by atoms with E-state index in [0.717, 1.165) is 19.4 Å². The third-order valence-electron chi connectivity index (χ3n) is 3.42. The molecule has 9 nitrogen and oxygen atoms in total. The Hall–Kier alpha value is -2.68. The van der Waals surface area contributed by atoms with E-state index in [-0.39, 0.29) is 30.1 Å². The van der Waals surface area contributed by atoms with Gasteiger partial charge in [0.2, 0.25) is 17.3 Å². The fourth-order valence-electron chi connectivity index (χ4n) is 2.26. The average Bonchev–Trinajstić information content (AvgIpc) is 3.22. The van der Waals surface area contributed by atoms with Gasteiger partial charge in [0.15, 0.2) is 0 Å². The van der Waals surface area contributed by atoms with Crippen molar-refractivity contribution in [1.29, 1.82) is 0 Å². The van der Waals surface area contributed by atoms with Crippen molar-refractivity contribution < 1.29 is 14.1 Å². The predicted molar refractivity (Wildman–Crippen MR) is 79.6 cm³/mol. The third kappa shape index (κ3) is 4.16. The van der Waals surface area contributed by atoms with Crippen LogP contribution >= 0.6 is 0 Å². The molecule has 0 aromatic carbocycles. The molecular weight excluding hydrogens is 302 g/mol. The minimum Gasteiger partial charge on any atom is -0.376 e. The summed E-state index contributed by atoms with van der Waals surface area (Å²) >= 11 is 0. The molecule has 1 fully saturated rings. The maximum Gasteiger partial charge on any atom is 0.315 e. The molecule has 122 valence electrons. The first kappa shape index (κ1) is 15.2. The maximum atomic E-state index is 11.7. The molecule has 3 rings (SSSR count). The number of carbonyl (C=O) groups is 1. The molecule has 0 aliphatic carbocycles. The number of nitrogens with zero attached hydrogens (tertiary/aromatic N) is 2. The molecular formula is C14H17N5O4. The monoisotopic (exact) mass is 319 g/mol. The minimum absolute atomic E-state index is 0.0897. The summed E-state index contributed by atoms with van der Waals surface area (Å²) in [4.78, 5) is 29.6. The summed E-state index contributed by atoms with van der Waals surface area (Å²) in [7, 11) is 0. The van der Waals surface area contributed by atoms with Crippen molar-refractivity contribution in [3.05, 3.63) is 34.6 Å². The van der Waals surface area contributed by atoms with Crippen molar-refractivity contribution >= 4 is 6.03 Å². The topological polar surface area (TPSA) is 122 Å². The zero-order chi connectivity index (χ0) is 16.1. The lowest BCUT2D eigenvalue weighted by atomic mass is 10.2. The quantitative estimate of drug-likeness (QED) is 0.733. The van der Waals surface area contributed by atoms with E-state index in [1.165, 1.54) is 12.3 Å². The van der Waals surface area contributed by atoms with Crippen LogP contribution in [0.2, 0.25) is 0 Å². The van der Waals surface area contributed by atoms with Gasteiger partial charge in [-0.25, -0.2) is 4.79 Å². The van der Waals surface area contributed by atoms with Gasteiger partial charge in [0.25, 0.3) is 0 Å². The molecule has 1 aliphatic rings. The first-order chi connectivity index (χ1) is 11.2. The Morgan fingerprint density at radius 3 is 3.13 bits per heavy atom. The second-order valence-corrected chi connectivity index (χ2v) is 5.15. The summed E-state index contributed by atoms with van der Waals surface area (Å²) in [5.41, 5.74) is 0.298. The van der Waals surface area contributed by atoms with E-state index in [1.807, 2.05) is 0 Å². The zero-order valence-electron chi connectivity index (χ0n) is 12.4. The van der Waals surface area contributed by atoms with Crippen LogP contribution in [0.15, 0.2) is 27.6 Å². The highest BCUT2D eigenvalue weighted by Gasteiger charge is 2.16. The average molecular weight is 319 g/mol. The lowest BCUT2D eigenvalue weighted by Gasteiger charge is -2.10. The van der Waals surface area contributed by atoms with E-state index in [4.69, 9.17) is 9.26 Å². The van der Waals surface area contributed by atoms with Crippen LogP contribution < -0.4 is 16.2 Å². The van der Waals surface area contributed by atoms with Crippen molar-refractivity contribution in [2.45, 2.75) is 25.5 Å². The van der Waals surface area contributed by atoms with Gasteiger partial charge >= 0.3 is 6.03 Å². The molecule has 1 aliphatic heterocycles. The van der Waals surface area contributed by atoms with Gasteiger partial charge in [-0.2, -0.15) is 4.98 Å².